The number of hydrogen-bond donors (Lipinski definition) is 0. The summed E-state index contributed by atoms with van der Waals surface area (Å²) in [5.74, 6) is -0.384. The van der Waals surface area contributed by atoms with Crippen LogP contribution in [-0.2, 0) is 21.2 Å². The Kier molecular flexibility index (Phi) is 7.13. The van der Waals surface area contributed by atoms with Gasteiger partial charge in [0.1, 0.15) is 5.82 Å². The summed E-state index contributed by atoms with van der Waals surface area (Å²) in [4.78, 5) is 20.6. The van der Waals surface area contributed by atoms with Gasteiger partial charge in [-0.05, 0) is 81.1 Å². The minimum Gasteiger partial charge on any atom is -0.340 e. The Balaban J connectivity index is 1.48. The molecule has 2 aromatic carbocycles. The van der Waals surface area contributed by atoms with Crippen LogP contribution in [0.3, 0.4) is 0 Å². The molecule has 1 aromatic heterocycles. The van der Waals surface area contributed by atoms with Crippen molar-refractivity contribution in [3.8, 4) is 11.3 Å². The summed E-state index contributed by atoms with van der Waals surface area (Å²) in [6.45, 7) is 10.6. The zero-order valence-corrected chi connectivity index (χ0v) is 22.3. The van der Waals surface area contributed by atoms with E-state index in [1.165, 1.54) is 27.8 Å². The van der Waals surface area contributed by atoms with E-state index in [2.05, 4.69) is 4.98 Å². The largest absolute Gasteiger partial charge is 0.340 e. The number of aromatic nitrogens is 1. The average Bonchev–Trinajstić information content (AvgIpc) is 3.18. The summed E-state index contributed by atoms with van der Waals surface area (Å²) in [6, 6.07) is 8.11. The Morgan fingerprint density at radius 3 is 2.11 bits per heavy atom. The lowest BCUT2D eigenvalue weighted by Crippen LogP contribution is -2.51. The molecule has 0 unspecified atom stereocenters. The van der Waals surface area contributed by atoms with Crippen LogP contribution in [0, 0.1) is 40.4 Å². The smallest absolute Gasteiger partial charge is 0.243 e. The Hall–Kier alpha value is -2.62. The van der Waals surface area contributed by atoms with Crippen molar-refractivity contribution >= 4 is 27.3 Å². The minimum atomic E-state index is -3.66. The molecule has 0 radical (unpaired) electrons. The molecule has 0 saturated carbocycles. The van der Waals surface area contributed by atoms with Gasteiger partial charge in [0, 0.05) is 36.6 Å². The number of carbonyl (C=O) groups is 1. The van der Waals surface area contributed by atoms with Crippen molar-refractivity contribution in [3.63, 3.8) is 0 Å². The van der Waals surface area contributed by atoms with Crippen molar-refractivity contribution in [3.05, 3.63) is 68.3 Å². The van der Waals surface area contributed by atoms with E-state index in [0.717, 1.165) is 37.7 Å². The van der Waals surface area contributed by atoms with Crippen molar-refractivity contribution in [1.29, 1.82) is 0 Å². The number of carbonyl (C=O) groups excluding carboxylic acids is 1. The predicted molar refractivity (Wildman–Crippen MR) is 137 cm³/mol. The van der Waals surface area contributed by atoms with E-state index in [4.69, 9.17) is 0 Å². The molecule has 6 nitrogen and oxygen atoms in total. The number of rotatable bonds is 5. The van der Waals surface area contributed by atoms with Crippen LogP contribution < -0.4 is 0 Å². The number of halogens is 1. The Labute approximate surface area is 210 Å². The molecule has 1 amide bonds. The summed E-state index contributed by atoms with van der Waals surface area (Å²) in [5, 5.41) is 0.835. The van der Waals surface area contributed by atoms with Gasteiger partial charge in [-0.1, -0.05) is 6.07 Å². The molecule has 0 aliphatic carbocycles. The van der Waals surface area contributed by atoms with E-state index < -0.39 is 10.0 Å². The highest BCUT2D eigenvalue weighted by Gasteiger charge is 2.33. The number of piperazine rings is 1. The molecule has 4 rings (SSSR count). The molecular weight excluding hydrogens is 485 g/mol. The predicted octanol–water partition coefficient (Wildman–Crippen LogP) is 4.57. The molecule has 1 aliphatic heterocycles. The number of sulfonamides is 1. The van der Waals surface area contributed by atoms with E-state index in [1.807, 2.05) is 40.7 Å². The first-order valence-corrected chi connectivity index (χ1v) is 13.8. The highest BCUT2D eigenvalue weighted by molar-refractivity contribution is 7.89. The maximum absolute atomic E-state index is 13.5. The minimum absolute atomic E-state index is 0.0622. The summed E-state index contributed by atoms with van der Waals surface area (Å²) in [6.07, 6.45) is 0.181. The lowest BCUT2D eigenvalue weighted by atomic mass is 10.0. The molecule has 0 spiro atoms. The average molecular weight is 516 g/mol. The summed E-state index contributed by atoms with van der Waals surface area (Å²) in [5.41, 5.74) is 4.94. The van der Waals surface area contributed by atoms with Gasteiger partial charge in [-0.25, -0.2) is 17.8 Å². The maximum Gasteiger partial charge on any atom is 0.243 e. The second-order valence-corrected chi connectivity index (χ2v) is 12.2. The van der Waals surface area contributed by atoms with E-state index >= 15 is 0 Å². The zero-order valence-electron chi connectivity index (χ0n) is 20.7. The maximum atomic E-state index is 13.5. The number of hydrogen-bond acceptors (Lipinski definition) is 5. The molecule has 186 valence electrons. The lowest BCUT2D eigenvalue weighted by Gasteiger charge is -2.35. The molecule has 0 N–H and O–H groups in total. The van der Waals surface area contributed by atoms with E-state index in [1.54, 1.807) is 17.0 Å². The van der Waals surface area contributed by atoms with Gasteiger partial charge in [-0.15, -0.1) is 11.3 Å². The van der Waals surface area contributed by atoms with Gasteiger partial charge in [-0.2, -0.15) is 4.31 Å². The van der Waals surface area contributed by atoms with Crippen LogP contribution in [-0.4, -0.2) is 54.7 Å². The van der Waals surface area contributed by atoms with E-state index in [9.17, 15) is 17.6 Å². The molecule has 1 fully saturated rings. The summed E-state index contributed by atoms with van der Waals surface area (Å²) >= 11 is 1.45. The van der Waals surface area contributed by atoms with Gasteiger partial charge >= 0.3 is 0 Å². The first-order valence-electron chi connectivity index (χ1n) is 11.6. The van der Waals surface area contributed by atoms with Gasteiger partial charge in [0.25, 0.3) is 0 Å². The van der Waals surface area contributed by atoms with Crippen molar-refractivity contribution in [2.45, 2.75) is 45.9 Å². The number of aryl methyl sites for hydroxylation is 3. The number of nitrogens with zero attached hydrogens (tertiary/aromatic N) is 3. The van der Waals surface area contributed by atoms with Gasteiger partial charge in [-0.3, -0.25) is 4.79 Å². The quantitative estimate of drug-likeness (QED) is 0.499. The first-order chi connectivity index (χ1) is 16.5. The van der Waals surface area contributed by atoms with Crippen LogP contribution in [0.4, 0.5) is 4.39 Å². The summed E-state index contributed by atoms with van der Waals surface area (Å²) in [7, 11) is -3.66. The van der Waals surface area contributed by atoms with Gasteiger partial charge in [0.15, 0.2) is 0 Å². The standard InChI is InChI=1S/C26H30FN3O3S2/c1-16-14-17(2)19(4)26(18(16)3)35(32,33)30-12-10-29(11-13-30)24(31)15-23-25(28-20(5)34-23)21-6-8-22(27)9-7-21/h6-9,14H,10-13,15H2,1-5H3. The summed E-state index contributed by atoms with van der Waals surface area (Å²) < 4.78 is 41.9. The number of benzene rings is 2. The van der Waals surface area contributed by atoms with Gasteiger partial charge in [0.2, 0.25) is 15.9 Å². The second kappa shape index (κ2) is 9.79. The molecule has 1 saturated heterocycles. The molecule has 35 heavy (non-hydrogen) atoms. The zero-order chi connectivity index (χ0) is 25.5. The van der Waals surface area contributed by atoms with Gasteiger partial charge in [0.05, 0.1) is 22.0 Å². The number of thiazole rings is 1. The first kappa shape index (κ1) is 25.5. The van der Waals surface area contributed by atoms with Crippen molar-refractivity contribution in [1.82, 2.24) is 14.2 Å². The van der Waals surface area contributed by atoms with Crippen LogP contribution in [0.15, 0.2) is 35.2 Å². The Morgan fingerprint density at radius 2 is 1.54 bits per heavy atom. The molecule has 2 heterocycles. The molecule has 9 heteroatoms. The second-order valence-electron chi connectivity index (χ2n) is 9.06. The van der Waals surface area contributed by atoms with Crippen molar-refractivity contribution < 1.29 is 17.6 Å². The topological polar surface area (TPSA) is 70.6 Å². The van der Waals surface area contributed by atoms with Crippen LogP contribution >= 0.6 is 11.3 Å². The van der Waals surface area contributed by atoms with Crippen LogP contribution in [0.25, 0.3) is 11.3 Å². The van der Waals surface area contributed by atoms with Crippen molar-refractivity contribution in [2.24, 2.45) is 0 Å². The monoisotopic (exact) mass is 515 g/mol. The normalized spacial score (nSPS) is 15.0. The van der Waals surface area contributed by atoms with Crippen molar-refractivity contribution in [2.75, 3.05) is 26.2 Å². The third kappa shape index (κ3) is 5.03. The highest BCUT2D eigenvalue weighted by atomic mass is 32.2. The molecule has 1 aliphatic rings. The molecule has 3 aromatic rings. The van der Waals surface area contributed by atoms with Crippen LogP contribution in [0.1, 0.15) is 32.1 Å². The fourth-order valence-corrected chi connectivity index (χ4v) is 7.49. The molecule has 0 bridgehead atoms. The van der Waals surface area contributed by atoms with Crippen LogP contribution in [0.2, 0.25) is 0 Å². The van der Waals surface area contributed by atoms with E-state index in [0.29, 0.717) is 23.7 Å². The lowest BCUT2D eigenvalue weighted by molar-refractivity contribution is -0.131. The Morgan fingerprint density at radius 1 is 0.971 bits per heavy atom. The van der Waals surface area contributed by atoms with Crippen LogP contribution in [0.5, 0.6) is 0 Å². The highest BCUT2D eigenvalue weighted by Crippen LogP contribution is 2.31. The molecule has 0 atom stereocenters. The fraction of sp³-hybridized carbons (Fsp3) is 0.385. The SMILES string of the molecule is Cc1nc(-c2ccc(F)cc2)c(CC(=O)N2CCN(S(=O)(=O)c3c(C)c(C)cc(C)c3C)CC2)s1. The Bertz CT molecular complexity index is 1350. The molecular formula is C26H30FN3O3S2. The fourth-order valence-electron chi connectivity index (χ4n) is 4.55. The van der Waals surface area contributed by atoms with E-state index in [-0.39, 0.29) is 31.2 Å². The van der Waals surface area contributed by atoms with Gasteiger partial charge < -0.3 is 4.90 Å². The third-order valence-electron chi connectivity index (χ3n) is 6.72. The third-order valence-corrected chi connectivity index (χ3v) is 9.86. The number of amides is 1.